The van der Waals surface area contributed by atoms with Crippen LogP contribution in [0.3, 0.4) is 0 Å². The van der Waals surface area contributed by atoms with Crippen molar-refractivity contribution in [2.75, 3.05) is 0 Å². The van der Waals surface area contributed by atoms with Crippen LogP contribution in [0, 0.1) is 11.6 Å². The molecule has 0 saturated heterocycles. The molecule has 4 nitrogen and oxygen atoms in total. The van der Waals surface area contributed by atoms with Crippen molar-refractivity contribution in [3.05, 3.63) is 34.1 Å². The van der Waals surface area contributed by atoms with Gasteiger partial charge in [0.15, 0.2) is 5.82 Å². The zero-order valence-electron chi connectivity index (χ0n) is 10.3. The van der Waals surface area contributed by atoms with Crippen LogP contribution in [-0.2, 0) is 13.1 Å². The summed E-state index contributed by atoms with van der Waals surface area (Å²) in [6.45, 7) is 2.69. The van der Waals surface area contributed by atoms with Gasteiger partial charge in [-0.2, -0.15) is 0 Å². The predicted molar refractivity (Wildman–Crippen MR) is 71.3 cm³/mol. The van der Waals surface area contributed by atoms with Gasteiger partial charge in [-0.25, -0.2) is 8.78 Å². The van der Waals surface area contributed by atoms with Crippen molar-refractivity contribution in [3.8, 4) is 11.4 Å². The Morgan fingerprint density at radius 2 is 1.89 bits per heavy atom. The molecule has 2 aromatic rings. The Kier molecular flexibility index (Phi) is 4.26. The summed E-state index contributed by atoms with van der Waals surface area (Å²) in [7, 11) is 0. The maximum atomic E-state index is 13.9. The highest BCUT2D eigenvalue weighted by Gasteiger charge is 2.20. The molecule has 2 rings (SSSR count). The van der Waals surface area contributed by atoms with Crippen molar-refractivity contribution in [2.24, 2.45) is 5.73 Å². The lowest BCUT2D eigenvalue weighted by molar-refractivity contribution is 0.578. The van der Waals surface area contributed by atoms with E-state index in [9.17, 15) is 8.78 Å². The largest absolute Gasteiger partial charge is 0.324 e. The van der Waals surface area contributed by atoms with E-state index in [1.165, 1.54) is 12.1 Å². The predicted octanol–water partition coefficient (Wildman–Crippen LogP) is 2.85. The highest BCUT2D eigenvalue weighted by atomic mass is 79.9. The Morgan fingerprint density at radius 1 is 1.26 bits per heavy atom. The van der Waals surface area contributed by atoms with Crippen LogP contribution in [0.1, 0.15) is 19.2 Å². The van der Waals surface area contributed by atoms with Gasteiger partial charge >= 0.3 is 0 Å². The van der Waals surface area contributed by atoms with Crippen molar-refractivity contribution in [1.29, 1.82) is 0 Å². The van der Waals surface area contributed by atoms with Crippen molar-refractivity contribution in [2.45, 2.75) is 26.4 Å². The number of hydrogen-bond acceptors (Lipinski definition) is 3. The molecule has 0 spiro atoms. The summed E-state index contributed by atoms with van der Waals surface area (Å²) in [5.41, 5.74) is 5.38. The standard InChI is InChI=1S/C12H13BrF2N4/c1-2-3-19-10(6-16)17-18-12(19)11-8(14)4-7(13)5-9(11)15/h4-5H,2-3,6,16H2,1H3. The first kappa shape index (κ1) is 14.1. The maximum absolute atomic E-state index is 13.9. The lowest BCUT2D eigenvalue weighted by Crippen LogP contribution is -2.10. The molecule has 0 aliphatic heterocycles. The first-order valence-corrected chi connectivity index (χ1v) is 6.64. The summed E-state index contributed by atoms with van der Waals surface area (Å²) < 4.78 is 29.9. The van der Waals surface area contributed by atoms with E-state index in [1.807, 2.05) is 6.92 Å². The van der Waals surface area contributed by atoms with Crippen molar-refractivity contribution >= 4 is 15.9 Å². The fourth-order valence-electron chi connectivity index (χ4n) is 1.89. The van der Waals surface area contributed by atoms with E-state index in [4.69, 9.17) is 5.73 Å². The van der Waals surface area contributed by atoms with E-state index in [-0.39, 0.29) is 17.9 Å². The van der Waals surface area contributed by atoms with Crippen LogP contribution in [0.2, 0.25) is 0 Å². The van der Waals surface area contributed by atoms with Gasteiger partial charge < -0.3 is 10.3 Å². The summed E-state index contributed by atoms with van der Waals surface area (Å²) in [5, 5.41) is 7.74. The minimum Gasteiger partial charge on any atom is -0.324 e. The average Bonchev–Trinajstić information content (AvgIpc) is 2.72. The molecule has 0 aliphatic carbocycles. The van der Waals surface area contributed by atoms with Crippen LogP contribution >= 0.6 is 15.9 Å². The molecule has 0 bridgehead atoms. The van der Waals surface area contributed by atoms with Gasteiger partial charge in [-0.3, -0.25) is 0 Å². The van der Waals surface area contributed by atoms with Gasteiger partial charge in [0.2, 0.25) is 0 Å². The molecule has 0 unspecified atom stereocenters. The second kappa shape index (κ2) is 5.75. The monoisotopic (exact) mass is 330 g/mol. The smallest absolute Gasteiger partial charge is 0.169 e. The normalized spacial score (nSPS) is 11.0. The first-order chi connectivity index (χ1) is 9.08. The average molecular weight is 331 g/mol. The summed E-state index contributed by atoms with van der Waals surface area (Å²) in [5.74, 6) is -0.677. The number of nitrogens with zero attached hydrogens (tertiary/aromatic N) is 3. The van der Waals surface area contributed by atoms with Crippen molar-refractivity contribution < 1.29 is 8.78 Å². The molecule has 0 radical (unpaired) electrons. The molecule has 2 N–H and O–H groups in total. The minimum absolute atomic E-state index is 0.171. The first-order valence-electron chi connectivity index (χ1n) is 5.85. The van der Waals surface area contributed by atoms with Gasteiger partial charge in [0, 0.05) is 11.0 Å². The molecule has 0 aliphatic rings. The Morgan fingerprint density at radius 3 is 2.42 bits per heavy atom. The van der Waals surface area contributed by atoms with Crippen molar-refractivity contribution in [3.63, 3.8) is 0 Å². The highest BCUT2D eigenvalue weighted by molar-refractivity contribution is 9.10. The molecular weight excluding hydrogens is 318 g/mol. The molecule has 19 heavy (non-hydrogen) atoms. The topological polar surface area (TPSA) is 56.7 Å². The third kappa shape index (κ3) is 2.66. The molecule has 1 aromatic carbocycles. The molecule has 0 saturated carbocycles. The van der Waals surface area contributed by atoms with Gasteiger partial charge in [-0.15, -0.1) is 10.2 Å². The molecule has 0 fully saturated rings. The number of hydrogen-bond donors (Lipinski definition) is 1. The molecule has 0 atom stereocenters. The van der Waals surface area contributed by atoms with Gasteiger partial charge in [0.1, 0.15) is 17.5 Å². The Hall–Kier alpha value is -1.34. The molecule has 0 amide bonds. The van der Waals surface area contributed by atoms with Crippen molar-refractivity contribution in [1.82, 2.24) is 14.8 Å². The van der Waals surface area contributed by atoms with E-state index < -0.39 is 11.6 Å². The quantitative estimate of drug-likeness (QED) is 0.937. The maximum Gasteiger partial charge on any atom is 0.169 e. The minimum atomic E-state index is -0.680. The second-order valence-electron chi connectivity index (χ2n) is 4.04. The van der Waals surface area contributed by atoms with E-state index in [2.05, 4.69) is 26.1 Å². The van der Waals surface area contributed by atoms with Gasteiger partial charge in [0.25, 0.3) is 0 Å². The van der Waals surface area contributed by atoms with Gasteiger partial charge in [0.05, 0.1) is 12.1 Å². The zero-order valence-corrected chi connectivity index (χ0v) is 11.9. The fraction of sp³-hybridized carbons (Fsp3) is 0.333. The van der Waals surface area contributed by atoms with E-state index >= 15 is 0 Å². The Bertz CT molecular complexity index is 574. The molecule has 1 aromatic heterocycles. The number of benzene rings is 1. The van der Waals surface area contributed by atoms with Crippen LogP contribution in [0.25, 0.3) is 11.4 Å². The number of halogens is 3. The van der Waals surface area contributed by atoms with Gasteiger partial charge in [-0.1, -0.05) is 22.9 Å². The second-order valence-corrected chi connectivity index (χ2v) is 4.96. The van der Waals surface area contributed by atoms with Gasteiger partial charge in [-0.05, 0) is 18.6 Å². The van der Waals surface area contributed by atoms with Crippen LogP contribution in [0.15, 0.2) is 16.6 Å². The lowest BCUT2D eigenvalue weighted by Gasteiger charge is -2.09. The molecule has 7 heteroatoms. The highest BCUT2D eigenvalue weighted by Crippen LogP contribution is 2.28. The van der Waals surface area contributed by atoms with E-state index in [0.29, 0.717) is 16.8 Å². The third-order valence-corrected chi connectivity index (χ3v) is 3.15. The number of nitrogens with two attached hydrogens (primary N) is 1. The van der Waals surface area contributed by atoms with Crippen LogP contribution in [0.5, 0.6) is 0 Å². The SMILES string of the molecule is CCCn1c(CN)nnc1-c1c(F)cc(Br)cc1F. The molecule has 1 heterocycles. The van der Waals surface area contributed by atoms with E-state index in [0.717, 1.165) is 6.42 Å². The summed E-state index contributed by atoms with van der Waals surface area (Å²) in [4.78, 5) is 0. The fourth-order valence-corrected chi connectivity index (χ4v) is 2.29. The van der Waals surface area contributed by atoms with Crippen LogP contribution in [0.4, 0.5) is 8.78 Å². The summed E-state index contributed by atoms with van der Waals surface area (Å²) in [6, 6.07) is 2.40. The summed E-state index contributed by atoms with van der Waals surface area (Å²) in [6.07, 6.45) is 0.789. The van der Waals surface area contributed by atoms with E-state index in [1.54, 1.807) is 4.57 Å². The molecular formula is C12H13BrF2N4. The Labute approximate surface area is 117 Å². The third-order valence-electron chi connectivity index (χ3n) is 2.69. The lowest BCUT2D eigenvalue weighted by atomic mass is 10.2. The van der Waals surface area contributed by atoms with Crippen LogP contribution < -0.4 is 5.73 Å². The Balaban J connectivity index is 2.62. The molecule has 102 valence electrons. The number of aromatic nitrogens is 3. The number of rotatable bonds is 4. The summed E-state index contributed by atoms with van der Waals surface area (Å²) >= 11 is 3.04. The van der Waals surface area contributed by atoms with Crippen LogP contribution in [-0.4, -0.2) is 14.8 Å². The zero-order chi connectivity index (χ0) is 14.0.